The van der Waals surface area contributed by atoms with Gasteiger partial charge in [0.25, 0.3) is 10.0 Å². The number of nitrogens with one attached hydrogen (secondary N) is 1. The summed E-state index contributed by atoms with van der Waals surface area (Å²) in [4.78, 5) is 0. The summed E-state index contributed by atoms with van der Waals surface area (Å²) in [5.74, 6) is 0.236. The zero-order valence-electron chi connectivity index (χ0n) is 9.97. The molecule has 0 saturated carbocycles. The van der Waals surface area contributed by atoms with Crippen molar-refractivity contribution in [2.75, 3.05) is 5.88 Å². The van der Waals surface area contributed by atoms with Crippen molar-refractivity contribution in [2.45, 2.75) is 36.4 Å². The molecule has 0 amide bonds. The first-order chi connectivity index (χ1) is 8.30. The molecule has 0 aromatic carbocycles. The van der Waals surface area contributed by atoms with Crippen LogP contribution in [0.2, 0.25) is 5.02 Å². The van der Waals surface area contributed by atoms with Crippen molar-refractivity contribution in [1.29, 1.82) is 0 Å². The Kier molecular flexibility index (Phi) is 5.96. The van der Waals surface area contributed by atoms with Crippen LogP contribution in [-0.4, -0.2) is 19.8 Å². The molecular weight excluding hydrogens is 381 g/mol. The second kappa shape index (κ2) is 6.41. The minimum atomic E-state index is -3.59. The third-order valence-corrected chi connectivity index (χ3v) is 7.89. The van der Waals surface area contributed by atoms with E-state index in [0.29, 0.717) is 21.7 Å². The van der Waals surface area contributed by atoms with E-state index in [4.69, 9.17) is 23.2 Å². The topological polar surface area (TPSA) is 46.2 Å². The molecule has 0 atom stereocenters. The lowest BCUT2D eigenvalue weighted by Crippen LogP contribution is -2.48. The summed E-state index contributed by atoms with van der Waals surface area (Å²) in [6.45, 7) is 3.82. The summed E-state index contributed by atoms with van der Waals surface area (Å²) in [6, 6.07) is 1.43. The van der Waals surface area contributed by atoms with Gasteiger partial charge < -0.3 is 0 Å². The SMILES string of the molecule is CCC(CC)(CCl)NS(=O)(=O)c1cc(Cl)c(Br)s1. The fourth-order valence-electron chi connectivity index (χ4n) is 1.41. The molecule has 1 aromatic heterocycles. The lowest BCUT2D eigenvalue weighted by Gasteiger charge is -2.29. The molecule has 0 aliphatic carbocycles. The first-order valence-electron chi connectivity index (χ1n) is 5.35. The number of hydrogen-bond donors (Lipinski definition) is 1. The molecule has 0 aliphatic rings. The fourth-order valence-corrected chi connectivity index (χ4v) is 5.87. The molecule has 104 valence electrons. The molecule has 0 fully saturated rings. The van der Waals surface area contributed by atoms with E-state index in [9.17, 15) is 8.42 Å². The van der Waals surface area contributed by atoms with Crippen LogP contribution in [0, 0.1) is 0 Å². The highest BCUT2D eigenvalue weighted by molar-refractivity contribution is 9.11. The van der Waals surface area contributed by atoms with Crippen LogP contribution in [0.5, 0.6) is 0 Å². The molecule has 0 aliphatic heterocycles. The second-order valence-corrected chi connectivity index (χ2v) is 8.87. The van der Waals surface area contributed by atoms with Crippen LogP contribution >= 0.6 is 50.5 Å². The molecule has 0 unspecified atom stereocenters. The molecule has 1 N–H and O–H groups in total. The third kappa shape index (κ3) is 3.61. The summed E-state index contributed by atoms with van der Waals surface area (Å²) in [5, 5.41) is 0.393. The second-order valence-electron chi connectivity index (χ2n) is 3.91. The summed E-state index contributed by atoms with van der Waals surface area (Å²) in [5.41, 5.74) is -0.608. The van der Waals surface area contributed by atoms with Gasteiger partial charge in [0.1, 0.15) is 4.21 Å². The van der Waals surface area contributed by atoms with Crippen LogP contribution in [0.1, 0.15) is 26.7 Å². The normalized spacial score (nSPS) is 12.9. The van der Waals surface area contributed by atoms with E-state index in [-0.39, 0.29) is 10.1 Å². The predicted octanol–water partition coefficient (Wildman–Crippen LogP) is 4.24. The Balaban J connectivity index is 3.08. The largest absolute Gasteiger partial charge is 0.250 e. The van der Waals surface area contributed by atoms with Crippen molar-refractivity contribution in [1.82, 2.24) is 4.72 Å². The lowest BCUT2D eigenvalue weighted by molar-refractivity contribution is 0.394. The zero-order valence-corrected chi connectivity index (χ0v) is 14.7. The van der Waals surface area contributed by atoms with Crippen LogP contribution in [-0.2, 0) is 10.0 Å². The fraction of sp³-hybridized carbons (Fsp3) is 0.600. The first-order valence-corrected chi connectivity index (χ1v) is 9.35. The van der Waals surface area contributed by atoms with E-state index < -0.39 is 15.6 Å². The minimum absolute atomic E-state index is 0.191. The molecule has 0 saturated heterocycles. The molecule has 3 nitrogen and oxygen atoms in total. The van der Waals surface area contributed by atoms with Gasteiger partial charge >= 0.3 is 0 Å². The van der Waals surface area contributed by atoms with Gasteiger partial charge in [-0.2, -0.15) is 0 Å². The van der Waals surface area contributed by atoms with Crippen molar-refractivity contribution in [2.24, 2.45) is 0 Å². The molecule has 0 spiro atoms. The summed E-state index contributed by atoms with van der Waals surface area (Å²) in [7, 11) is -3.59. The average molecular weight is 395 g/mol. The Bertz CT molecular complexity index is 484. The summed E-state index contributed by atoms with van der Waals surface area (Å²) < 4.78 is 28.0. The summed E-state index contributed by atoms with van der Waals surface area (Å²) >= 11 is 16.0. The third-order valence-electron chi connectivity index (χ3n) is 2.85. The average Bonchev–Trinajstić information content (AvgIpc) is 2.68. The Labute approximate surface area is 130 Å². The minimum Gasteiger partial charge on any atom is -0.206 e. The molecule has 1 rings (SSSR count). The monoisotopic (exact) mass is 393 g/mol. The number of hydrogen-bond acceptors (Lipinski definition) is 3. The van der Waals surface area contributed by atoms with Crippen molar-refractivity contribution >= 4 is 60.5 Å². The van der Waals surface area contributed by atoms with Crippen LogP contribution in [0.3, 0.4) is 0 Å². The van der Waals surface area contributed by atoms with Gasteiger partial charge in [-0.05, 0) is 34.8 Å². The number of sulfonamides is 1. The van der Waals surface area contributed by atoms with Gasteiger partial charge in [0.2, 0.25) is 0 Å². The van der Waals surface area contributed by atoms with Crippen LogP contribution in [0.4, 0.5) is 0 Å². The Morgan fingerprint density at radius 3 is 2.33 bits per heavy atom. The molecular formula is C10H14BrCl2NO2S2. The van der Waals surface area contributed by atoms with E-state index in [0.717, 1.165) is 11.3 Å². The van der Waals surface area contributed by atoms with E-state index in [1.54, 1.807) is 0 Å². The maximum absolute atomic E-state index is 12.3. The molecule has 0 radical (unpaired) electrons. The number of alkyl halides is 1. The smallest absolute Gasteiger partial charge is 0.206 e. The van der Waals surface area contributed by atoms with Crippen molar-refractivity contribution in [3.63, 3.8) is 0 Å². The van der Waals surface area contributed by atoms with Gasteiger partial charge in [-0.25, -0.2) is 13.1 Å². The number of rotatable bonds is 6. The Morgan fingerprint density at radius 2 is 2.00 bits per heavy atom. The maximum Gasteiger partial charge on any atom is 0.250 e. The van der Waals surface area contributed by atoms with E-state index in [2.05, 4.69) is 20.7 Å². The van der Waals surface area contributed by atoms with E-state index in [1.165, 1.54) is 6.07 Å². The predicted molar refractivity (Wildman–Crippen MR) is 81.4 cm³/mol. The van der Waals surface area contributed by atoms with Crippen molar-refractivity contribution in [3.8, 4) is 0 Å². The van der Waals surface area contributed by atoms with Gasteiger partial charge in [0.05, 0.1) is 8.81 Å². The molecule has 18 heavy (non-hydrogen) atoms. The van der Waals surface area contributed by atoms with Gasteiger partial charge in [-0.1, -0.05) is 25.4 Å². The highest BCUT2D eigenvalue weighted by Crippen LogP contribution is 2.35. The molecule has 1 heterocycles. The van der Waals surface area contributed by atoms with Crippen LogP contribution < -0.4 is 4.72 Å². The number of halogens is 3. The molecule has 1 aromatic rings. The van der Waals surface area contributed by atoms with Crippen LogP contribution in [0.25, 0.3) is 0 Å². The molecule has 8 heteroatoms. The van der Waals surface area contributed by atoms with Gasteiger partial charge in [-0.15, -0.1) is 22.9 Å². The van der Waals surface area contributed by atoms with Crippen molar-refractivity contribution in [3.05, 3.63) is 14.9 Å². The van der Waals surface area contributed by atoms with Crippen molar-refractivity contribution < 1.29 is 8.42 Å². The Morgan fingerprint density at radius 1 is 1.44 bits per heavy atom. The lowest BCUT2D eigenvalue weighted by atomic mass is 9.97. The van der Waals surface area contributed by atoms with E-state index in [1.807, 2.05) is 13.8 Å². The quantitative estimate of drug-likeness (QED) is 0.733. The Hall–Kier alpha value is 0.670. The maximum atomic E-state index is 12.3. The summed E-state index contributed by atoms with van der Waals surface area (Å²) in [6.07, 6.45) is 1.26. The standard InChI is InChI=1S/C10H14BrCl2NO2S2/c1-3-10(4-2,6-12)14-18(15,16)8-5-7(13)9(11)17-8/h5,14H,3-4,6H2,1-2H3. The van der Waals surface area contributed by atoms with Gasteiger partial charge in [0.15, 0.2) is 0 Å². The van der Waals surface area contributed by atoms with E-state index >= 15 is 0 Å². The number of thiophene rings is 1. The first kappa shape index (κ1) is 16.7. The highest BCUT2D eigenvalue weighted by Gasteiger charge is 2.32. The zero-order chi connectivity index (χ0) is 14.0. The molecule has 0 bridgehead atoms. The van der Waals surface area contributed by atoms with Gasteiger partial charge in [-0.3, -0.25) is 0 Å². The van der Waals surface area contributed by atoms with Crippen LogP contribution in [0.15, 0.2) is 14.1 Å². The highest BCUT2D eigenvalue weighted by atomic mass is 79.9. The van der Waals surface area contributed by atoms with Gasteiger partial charge in [0, 0.05) is 11.4 Å².